The van der Waals surface area contributed by atoms with Crippen LogP contribution in [0.4, 0.5) is 0 Å². The van der Waals surface area contributed by atoms with Crippen LogP contribution in [0, 0.1) is 0 Å². The van der Waals surface area contributed by atoms with Crippen molar-refractivity contribution in [1.29, 1.82) is 0 Å². The predicted molar refractivity (Wildman–Crippen MR) is 52.3 cm³/mol. The molecule has 15 heavy (non-hydrogen) atoms. The largest absolute Gasteiger partial charge is 0.478 e. The number of hydrogen-bond acceptors (Lipinski definition) is 4. The third kappa shape index (κ3) is 4.42. The fourth-order valence-corrected chi connectivity index (χ4v) is 1.28. The average molecular weight is 216 g/mol. The molecule has 2 N–H and O–H groups in total. The summed E-state index contributed by atoms with van der Waals surface area (Å²) in [4.78, 5) is 10.4. The molecule has 86 valence electrons. The Morgan fingerprint density at radius 3 is 2.93 bits per heavy atom. The molecule has 1 aliphatic rings. The van der Waals surface area contributed by atoms with Crippen molar-refractivity contribution in [3.8, 4) is 0 Å². The maximum absolute atomic E-state index is 10.4. The van der Waals surface area contributed by atoms with Crippen molar-refractivity contribution >= 4 is 5.97 Å². The second kappa shape index (κ2) is 5.85. The van der Waals surface area contributed by atoms with Crippen molar-refractivity contribution in [2.75, 3.05) is 13.2 Å². The Bertz CT molecular complexity index is 238. The van der Waals surface area contributed by atoms with Gasteiger partial charge in [0.05, 0.1) is 19.3 Å². The topological polar surface area (TPSA) is 76.0 Å². The van der Waals surface area contributed by atoms with Crippen LogP contribution in [-0.2, 0) is 14.3 Å². The van der Waals surface area contributed by atoms with Gasteiger partial charge in [-0.1, -0.05) is 6.58 Å². The number of carbonyl (C=O) groups is 1. The Morgan fingerprint density at radius 2 is 2.33 bits per heavy atom. The van der Waals surface area contributed by atoms with Gasteiger partial charge >= 0.3 is 5.97 Å². The Kier molecular flexibility index (Phi) is 4.74. The highest BCUT2D eigenvalue weighted by atomic mass is 16.7. The molecule has 2 atom stereocenters. The van der Waals surface area contributed by atoms with Crippen LogP contribution in [0.3, 0.4) is 0 Å². The lowest BCUT2D eigenvalue weighted by Crippen LogP contribution is -2.31. The Labute approximate surface area is 88.3 Å². The highest BCUT2D eigenvalue weighted by molar-refractivity contribution is 5.85. The lowest BCUT2D eigenvalue weighted by molar-refractivity contribution is -0.184. The molecule has 5 nitrogen and oxygen atoms in total. The molecule has 0 aromatic heterocycles. The molecular formula is C10H16O5. The molecule has 1 saturated heterocycles. The van der Waals surface area contributed by atoms with Crippen LogP contribution in [0.1, 0.15) is 19.3 Å². The van der Waals surface area contributed by atoms with Gasteiger partial charge in [0, 0.05) is 18.4 Å². The average Bonchev–Trinajstić information content (AvgIpc) is 2.17. The normalized spacial score (nSPS) is 26.2. The van der Waals surface area contributed by atoms with Crippen molar-refractivity contribution in [3.63, 3.8) is 0 Å². The highest BCUT2D eigenvalue weighted by Crippen LogP contribution is 2.15. The van der Waals surface area contributed by atoms with E-state index in [1.807, 2.05) is 0 Å². The first-order chi connectivity index (χ1) is 7.09. The van der Waals surface area contributed by atoms with Crippen molar-refractivity contribution in [3.05, 3.63) is 12.2 Å². The Morgan fingerprint density at radius 1 is 1.60 bits per heavy atom. The summed E-state index contributed by atoms with van der Waals surface area (Å²) in [5.41, 5.74) is 0.117. The number of hydrogen-bond donors (Lipinski definition) is 2. The fraction of sp³-hybridized carbons (Fsp3) is 0.700. The van der Waals surface area contributed by atoms with E-state index in [4.69, 9.17) is 14.6 Å². The summed E-state index contributed by atoms with van der Waals surface area (Å²) >= 11 is 0. The van der Waals surface area contributed by atoms with E-state index in [0.29, 0.717) is 19.4 Å². The van der Waals surface area contributed by atoms with Crippen molar-refractivity contribution < 1.29 is 24.5 Å². The number of aliphatic hydroxyl groups excluding tert-OH is 1. The Hall–Kier alpha value is -0.910. The summed E-state index contributed by atoms with van der Waals surface area (Å²) in [6, 6.07) is 0. The van der Waals surface area contributed by atoms with Crippen LogP contribution in [0.15, 0.2) is 12.2 Å². The number of ether oxygens (including phenoxy) is 2. The molecule has 1 fully saturated rings. The van der Waals surface area contributed by atoms with Crippen molar-refractivity contribution in [2.24, 2.45) is 0 Å². The van der Waals surface area contributed by atoms with Gasteiger partial charge in [-0.15, -0.1) is 0 Å². The van der Waals surface area contributed by atoms with E-state index < -0.39 is 12.3 Å². The van der Waals surface area contributed by atoms with E-state index in [9.17, 15) is 9.90 Å². The quantitative estimate of drug-likeness (QED) is 0.656. The molecule has 0 saturated carbocycles. The summed E-state index contributed by atoms with van der Waals surface area (Å²) < 4.78 is 10.5. The fourth-order valence-electron chi connectivity index (χ4n) is 1.28. The van der Waals surface area contributed by atoms with Crippen LogP contribution in [0.25, 0.3) is 0 Å². The van der Waals surface area contributed by atoms with Crippen LogP contribution in [0.5, 0.6) is 0 Å². The van der Waals surface area contributed by atoms with Crippen molar-refractivity contribution in [1.82, 2.24) is 0 Å². The summed E-state index contributed by atoms with van der Waals surface area (Å²) in [7, 11) is 0. The van der Waals surface area contributed by atoms with E-state index in [-0.39, 0.29) is 24.7 Å². The summed E-state index contributed by atoms with van der Waals surface area (Å²) in [6.07, 6.45) is 0.536. The minimum Gasteiger partial charge on any atom is -0.478 e. The van der Waals surface area contributed by atoms with Crippen LogP contribution in [-0.4, -0.2) is 41.8 Å². The second-order valence-electron chi connectivity index (χ2n) is 3.51. The smallest absolute Gasteiger partial charge is 0.331 e. The molecule has 2 unspecified atom stereocenters. The molecule has 0 aliphatic carbocycles. The summed E-state index contributed by atoms with van der Waals surface area (Å²) in [5.74, 6) is -1.01. The van der Waals surface area contributed by atoms with Gasteiger partial charge in [-0.3, -0.25) is 0 Å². The van der Waals surface area contributed by atoms with E-state index in [1.54, 1.807) is 0 Å². The molecule has 0 bridgehead atoms. The van der Waals surface area contributed by atoms with Gasteiger partial charge in [0.25, 0.3) is 0 Å². The molecule has 5 heteroatoms. The molecule has 1 aliphatic heterocycles. The second-order valence-corrected chi connectivity index (χ2v) is 3.51. The van der Waals surface area contributed by atoms with Gasteiger partial charge in [0.2, 0.25) is 0 Å². The first-order valence-corrected chi connectivity index (χ1v) is 4.92. The maximum Gasteiger partial charge on any atom is 0.331 e. The first-order valence-electron chi connectivity index (χ1n) is 4.92. The number of aliphatic hydroxyl groups is 1. The summed E-state index contributed by atoms with van der Waals surface area (Å²) in [6.45, 7) is 4.11. The zero-order valence-corrected chi connectivity index (χ0v) is 8.52. The van der Waals surface area contributed by atoms with Gasteiger partial charge < -0.3 is 19.7 Å². The van der Waals surface area contributed by atoms with Gasteiger partial charge in [0.15, 0.2) is 6.29 Å². The number of carboxylic acid groups (broad SMARTS) is 1. The molecule has 0 radical (unpaired) electrons. The molecule has 0 aromatic rings. The lowest BCUT2D eigenvalue weighted by atomic mass is 10.1. The zero-order valence-electron chi connectivity index (χ0n) is 8.52. The predicted octanol–water partition coefficient (Wildman–Crippen LogP) is 0.531. The van der Waals surface area contributed by atoms with E-state index in [1.165, 1.54) is 0 Å². The SMILES string of the molecule is C=C(CCOC1CC(O)CCO1)C(=O)O. The molecule has 1 heterocycles. The molecular weight excluding hydrogens is 200 g/mol. The first kappa shape index (κ1) is 12.2. The van der Waals surface area contributed by atoms with Crippen molar-refractivity contribution in [2.45, 2.75) is 31.7 Å². The van der Waals surface area contributed by atoms with Gasteiger partial charge in [0.1, 0.15) is 0 Å². The Balaban J connectivity index is 2.14. The molecule has 0 amide bonds. The zero-order chi connectivity index (χ0) is 11.3. The van der Waals surface area contributed by atoms with E-state index in [2.05, 4.69) is 6.58 Å². The van der Waals surface area contributed by atoms with Gasteiger partial charge in [-0.05, 0) is 6.42 Å². The van der Waals surface area contributed by atoms with Gasteiger partial charge in [-0.25, -0.2) is 4.79 Å². The monoisotopic (exact) mass is 216 g/mol. The van der Waals surface area contributed by atoms with Crippen LogP contribution < -0.4 is 0 Å². The van der Waals surface area contributed by atoms with E-state index in [0.717, 1.165) is 0 Å². The number of rotatable bonds is 5. The third-order valence-electron chi connectivity index (χ3n) is 2.23. The number of aliphatic carboxylic acids is 1. The molecule has 1 rings (SSSR count). The minimum atomic E-state index is -1.01. The van der Waals surface area contributed by atoms with Gasteiger partial charge in [-0.2, -0.15) is 0 Å². The third-order valence-corrected chi connectivity index (χ3v) is 2.23. The minimum absolute atomic E-state index is 0.117. The van der Waals surface area contributed by atoms with Crippen LogP contribution in [0.2, 0.25) is 0 Å². The summed E-state index contributed by atoms with van der Waals surface area (Å²) in [5, 5.41) is 17.8. The van der Waals surface area contributed by atoms with Crippen LogP contribution >= 0.6 is 0 Å². The van der Waals surface area contributed by atoms with E-state index >= 15 is 0 Å². The highest BCUT2D eigenvalue weighted by Gasteiger charge is 2.21. The maximum atomic E-state index is 10.4. The molecule has 0 aromatic carbocycles. The standard InChI is InChI=1S/C10H16O5/c1-7(10(12)13)2-4-14-9-6-8(11)3-5-15-9/h8-9,11H,1-6H2,(H,12,13). The number of carboxylic acids is 1. The molecule has 0 spiro atoms. The lowest BCUT2D eigenvalue weighted by Gasteiger charge is -2.26.